The number of carboxylic acids is 1. The largest absolute Gasteiger partial charge is 0.481 e. The van der Waals surface area contributed by atoms with E-state index in [9.17, 15) is 27.9 Å². The van der Waals surface area contributed by atoms with Crippen LogP contribution in [0.15, 0.2) is 24.3 Å². The molecule has 0 aliphatic rings. The first kappa shape index (κ1) is 17.5. The van der Waals surface area contributed by atoms with Crippen molar-refractivity contribution < 1.29 is 33.0 Å². The van der Waals surface area contributed by atoms with Crippen LogP contribution in [-0.4, -0.2) is 28.1 Å². The van der Waals surface area contributed by atoms with E-state index in [4.69, 9.17) is 16.7 Å². The zero-order valence-corrected chi connectivity index (χ0v) is 11.6. The molecule has 1 aromatic carbocycles. The highest BCUT2D eigenvalue weighted by Crippen LogP contribution is 2.42. The van der Waals surface area contributed by atoms with Gasteiger partial charge in [0.05, 0.1) is 0 Å². The number of aliphatic carboxylic acids is 1. The summed E-state index contributed by atoms with van der Waals surface area (Å²) in [5.74, 6) is -4.43. The summed E-state index contributed by atoms with van der Waals surface area (Å²) in [6.07, 6.45) is -6.53. The molecule has 2 unspecified atom stereocenters. The summed E-state index contributed by atoms with van der Waals surface area (Å²) in [5.41, 5.74) is -4.04. The molecule has 2 N–H and O–H groups in total. The molecule has 1 aromatic rings. The fourth-order valence-electron chi connectivity index (χ4n) is 1.63. The number of rotatable bonds is 5. The maximum absolute atomic E-state index is 13.1. The average Bonchev–Trinajstić information content (AvgIpc) is 2.36. The second kappa shape index (κ2) is 6.03. The smallest absolute Gasteiger partial charge is 0.421 e. The van der Waals surface area contributed by atoms with Crippen molar-refractivity contribution >= 4 is 23.4 Å². The zero-order valence-electron chi connectivity index (χ0n) is 10.8. The Hall–Kier alpha value is -1.60. The van der Waals surface area contributed by atoms with Crippen LogP contribution in [0.25, 0.3) is 0 Å². The summed E-state index contributed by atoms with van der Waals surface area (Å²) in [6.45, 7) is 0.962. The lowest BCUT2D eigenvalue weighted by molar-refractivity contribution is -0.267. The summed E-state index contributed by atoms with van der Waals surface area (Å²) < 4.78 is 39.4. The number of carboxylic acid groups (broad SMARTS) is 1. The molecular weight excluding hydrogens is 313 g/mol. The van der Waals surface area contributed by atoms with Crippen LogP contribution in [-0.2, 0) is 15.2 Å². The molecule has 0 spiro atoms. The first-order valence-electron chi connectivity index (χ1n) is 5.79. The molecule has 116 valence electrons. The first-order valence-corrected chi connectivity index (χ1v) is 6.17. The lowest BCUT2D eigenvalue weighted by Gasteiger charge is -2.31. The van der Waals surface area contributed by atoms with Crippen LogP contribution < -0.4 is 0 Å². The van der Waals surface area contributed by atoms with Crippen LogP contribution in [0, 0.1) is 5.92 Å². The Morgan fingerprint density at radius 1 is 1.24 bits per heavy atom. The van der Waals surface area contributed by atoms with Gasteiger partial charge in [-0.25, -0.2) is 0 Å². The molecule has 0 radical (unpaired) electrons. The van der Waals surface area contributed by atoms with Gasteiger partial charge >= 0.3 is 12.1 Å². The number of halogens is 4. The molecule has 0 heterocycles. The molecule has 0 amide bonds. The van der Waals surface area contributed by atoms with E-state index in [0.717, 1.165) is 31.2 Å². The van der Waals surface area contributed by atoms with Gasteiger partial charge in [-0.3, -0.25) is 9.59 Å². The van der Waals surface area contributed by atoms with E-state index < -0.39 is 41.4 Å². The molecule has 4 nitrogen and oxygen atoms in total. The van der Waals surface area contributed by atoms with E-state index in [2.05, 4.69) is 0 Å². The Kier molecular flexibility index (Phi) is 5.01. The second-order valence-corrected chi connectivity index (χ2v) is 5.00. The van der Waals surface area contributed by atoms with E-state index in [1.54, 1.807) is 0 Å². The summed E-state index contributed by atoms with van der Waals surface area (Å²) in [5, 5.41) is 18.7. The maximum Gasteiger partial charge on any atom is 0.421 e. The minimum absolute atomic E-state index is 0.161. The molecule has 8 heteroatoms. The molecule has 0 bridgehead atoms. The van der Waals surface area contributed by atoms with E-state index in [1.807, 2.05) is 0 Å². The number of Topliss-reactive ketones (excluding diaryl/α,β-unsaturated/α-hetero) is 1. The van der Waals surface area contributed by atoms with Gasteiger partial charge in [-0.05, 0) is 24.6 Å². The van der Waals surface area contributed by atoms with Gasteiger partial charge in [0, 0.05) is 11.4 Å². The third-order valence-electron chi connectivity index (χ3n) is 3.07. The van der Waals surface area contributed by atoms with E-state index in [1.165, 1.54) is 0 Å². The molecule has 0 aliphatic heterocycles. The quantitative estimate of drug-likeness (QED) is 0.817. The fraction of sp³-hybridized carbons (Fsp3) is 0.385. The Morgan fingerprint density at radius 2 is 1.71 bits per heavy atom. The predicted molar refractivity (Wildman–Crippen MR) is 67.8 cm³/mol. The summed E-state index contributed by atoms with van der Waals surface area (Å²) in [7, 11) is 0. The Bertz CT molecular complexity index is 541. The van der Waals surface area contributed by atoms with Crippen molar-refractivity contribution in [3.8, 4) is 0 Å². The standard InChI is InChI=1S/C13H12ClF3O4/c1-7(11(19)20)10(18)6-12(21,13(15,16)17)8-2-4-9(14)5-3-8/h2-5,7,21H,6H2,1H3,(H,19,20). The third-order valence-corrected chi connectivity index (χ3v) is 3.33. The minimum atomic E-state index is -5.14. The van der Waals surface area contributed by atoms with Gasteiger partial charge in [-0.15, -0.1) is 0 Å². The first-order chi connectivity index (χ1) is 9.49. The number of ketones is 1. The zero-order chi connectivity index (χ0) is 16.4. The molecule has 0 saturated heterocycles. The van der Waals surface area contributed by atoms with Crippen molar-refractivity contribution in [1.82, 2.24) is 0 Å². The van der Waals surface area contributed by atoms with E-state index >= 15 is 0 Å². The number of carbonyl (C=O) groups is 2. The van der Waals surface area contributed by atoms with Gasteiger partial charge in [0.1, 0.15) is 11.7 Å². The summed E-state index contributed by atoms with van der Waals surface area (Å²) in [4.78, 5) is 22.3. The van der Waals surface area contributed by atoms with Crippen LogP contribution in [0.5, 0.6) is 0 Å². The highest BCUT2D eigenvalue weighted by molar-refractivity contribution is 6.30. The molecule has 0 aliphatic carbocycles. The van der Waals surface area contributed by atoms with Crippen molar-refractivity contribution in [2.45, 2.75) is 25.1 Å². The molecule has 2 atom stereocenters. The van der Waals surface area contributed by atoms with Crippen molar-refractivity contribution in [1.29, 1.82) is 0 Å². The molecule has 0 saturated carbocycles. The fourth-order valence-corrected chi connectivity index (χ4v) is 1.76. The van der Waals surface area contributed by atoms with Gasteiger partial charge in [0.2, 0.25) is 0 Å². The topological polar surface area (TPSA) is 74.6 Å². The molecule has 1 rings (SSSR count). The Labute approximate surface area is 123 Å². The average molecular weight is 325 g/mol. The molecule has 21 heavy (non-hydrogen) atoms. The number of aliphatic hydroxyl groups is 1. The number of benzene rings is 1. The summed E-state index contributed by atoms with van der Waals surface area (Å²) >= 11 is 5.57. The van der Waals surface area contributed by atoms with Crippen molar-refractivity contribution in [2.24, 2.45) is 5.92 Å². The lowest BCUT2D eigenvalue weighted by atomic mass is 9.85. The highest BCUT2D eigenvalue weighted by Gasteiger charge is 2.56. The molecule has 0 fully saturated rings. The van der Waals surface area contributed by atoms with Gasteiger partial charge in [-0.1, -0.05) is 23.7 Å². The Morgan fingerprint density at radius 3 is 2.10 bits per heavy atom. The van der Waals surface area contributed by atoms with Crippen molar-refractivity contribution in [3.05, 3.63) is 34.9 Å². The second-order valence-electron chi connectivity index (χ2n) is 4.57. The number of hydrogen-bond donors (Lipinski definition) is 2. The maximum atomic E-state index is 13.1. The van der Waals surface area contributed by atoms with Crippen LogP contribution in [0.1, 0.15) is 18.9 Å². The van der Waals surface area contributed by atoms with Crippen LogP contribution in [0.3, 0.4) is 0 Å². The van der Waals surface area contributed by atoms with Gasteiger partial charge in [0.15, 0.2) is 5.60 Å². The van der Waals surface area contributed by atoms with Crippen LogP contribution in [0.4, 0.5) is 13.2 Å². The van der Waals surface area contributed by atoms with Crippen LogP contribution >= 0.6 is 11.6 Å². The molecular formula is C13H12ClF3O4. The normalized spacial score (nSPS) is 16.1. The number of carbonyl (C=O) groups excluding carboxylic acids is 1. The molecule has 0 aromatic heterocycles. The third kappa shape index (κ3) is 3.74. The van der Waals surface area contributed by atoms with Crippen molar-refractivity contribution in [3.63, 3.8) is 0 Å². The van der Waals surface area contributed by atoms with Crippen molar-refractivity contribution in [2.75, 3.05) is 0 Å². The number of alkyl halides is 3. The van der Waals surface area contributed by atoms with E-state index in [-0.39, 0.29) is 5.02 Å². The Balaban J connectivity index is 3.20. The lowest BCUT2D eigenvalue weighted by Crippen LogP contribution is -2.45. The van der Waals surface area contributed by atoms with E-state index in [0.29, 0.717) is 0 Å². The minimum Gasteiger partial charge on any atom is -0.481 e. The summed E-state index contributed by atoms with van der Waals surface area (Å²) in [6, 6.07) is 4.15. The van der Waals surface area contributed by atoms with Gasteiger partial charge in [-0.2, -0.15) is 13.2 Å². The van der Waals surface area contributed by atoms with Crippen LogP contribution in [0.2, 0.25) is 5.02 Å². The number of hydrogen-bond acceptors (Lipinski definition) is 3. The SMILES string of the molecule is CC(C(=O)O)C(=O)CC(O)(c1ccc(Cl)cc1)C(F)(F)F. The van der Waals surface area contributed by atoms with Gasteiger partial charge < -0.3 is 10.2 Å². The van der Waals surface area contributed by atoms with Gasteiger partial charge in [0.25, 0.3) is 0 Å². The monoisotopic (exact) mass is 324 g/mol. The highest BCUT2D eigenvalue weighted by atomic mass is 35.5. The predicted octanol–water partition coefficient (Wildman–Crippen LogP) is 2.77.